The molecule has 3 atom stereocenters. The van der Waals surface area contributed by atoms with Crippen molar-refractivity contribution in [1.82, 2.24) is 14.9 Å². The van der Waals surface area contributed by atoms with E-state index in [0.717, 1.165) is 18.6 Å². The van der Waals surface area contributed by atoms with Crippen molar-refractivity contribution < 1.29 is 4.79 Å². The van der Waals surface area contributed by atoms with E-state index in [2.05, 4.69) is 34.0 Å². The van der Waals surface area contributed by atoms with Crippen LogP contribution in [0.3, 0.4) is 0 Å². The van der Waals surface area contributed by atoms with E-state index in [9.17, 15) is 9.59 Å². The summed E-state index contributed by atoms with van der Waals surface area (Å²) in [6, 6.07) is 5.21. The van der Waals surface area contributed by atoms with Gasteiger partial charge in [-0.3, -0.25) is 9.69 Å². The largest absolute Gasteiger partial charge is 0.325 e. The highest BCUT2D eigenvalue weighted by atomic mass is 16.2. The Balaban J connectivity index is 1.70. The van der Waals surface area contributed by atoms with Crippen LogP contribution in [0.5, 0.6) is 0 Å². The van der Waals surface area contributed by atoms with Crippen molar-refractivity contribution in [2.75, 3.05) is 18.4 Å². The molecule has 0 spiro atoms. The lowest BCUT2D eigenvalue weighted by Gasteiger charge is -2.38. The van der Waals surface area contributed by atoms with Gasteiger partial charge in [-0.05, 0) is 43.4 Å². The van der Waals surface area contributed by atoms with E-state index in [1.54, 1.807) is 18.2 Å². The Morgan fingerprint density at radius 2 is 1.87 bits per heavy atom. The van der Waals surface area contributed by atoms with Crippen molar-refractivity contribution in [3.05, 3.63) is 28.7 Å². The van der Waals surface area contributed by atoms with Gasteiger partial charge < -0.3 is 15.3 Å². The third-order valence-electron chi connectivity index (χ3n) is 4.61. The van der Waals surface area contributed by atoms with E-state index >= 15 is 0 Å². The summed E-state index contributed by atoms with van der Waals surface area (Å²) in [5, 5.41) is 2.95. The smallest absolute Gasteiger partial charge is 0.323 e. The Morgan fingerprint density at radius 3 is 2.57 bits per heavy atom. The molecule has 6 nitrogen and oxygen atoms in total. The monoisotopic (exact) mass is 316 g/mol. The lowest BCUT2D eigenvalue weighted by Crippen LogP contribution is -2.48. The summed E-state index contributed by atoms with van der Waals surface area (Å²) in [7, 11) is 0. The molecule has 1 aromatic heterocycles. The number of nitrogens with one attached hydrogen (secondary N) is 3. The number of hydrogen-bond acceptors (Lipinski definition) is 3. The van der Waals surface area contributed by atoms with Gasteiger partial charge in [0.05, 0.1) is 17.1 Å². The number of piperidine rings is 1. The number of anilines is 1. The number of imidazole rings is 1. The number of carbonyl (C=O) groups is 1. The van der Waals surface area contributed by atoms with Crippen molar-refractivity contribution in [2.24, 2.45) is 11.8 Å². The second-order valence-electron chi connectivity index (χ2n) is 6.90. The number of hydrogen-bond donors (Lipinski definition) is 3. The number of rotatable bonds is 3. The SMILES string of the molecule is C[C@H]1C[C@H](C)CN([C@@H](C)C(=O)Nc2ccc3[nH]c(=O)[nH]c3c2)C1. The van der Waals surface area contributed by atoms with E-state index in [0.29, 0.717) is 23.0 Å². The molecule has 1 saturated heterocycles. The van der Waals surface area contributed by atoms with Crippen LogP contribution < -0.4 is 11.0 Å². The molecular weight excluding hydrogens is 292 g/mol. The number of aromatic nitrogens is 2. The van der Waals surface area contributed by atoms with E-state index in [1.165, 1.54) is 6.42 Å². The van der Waals surface area contributed by atoms with Crippen LogP contribution in [-0.2, 0) is 4.79 Å². The van der Waals surface area contributed by atoms with E-state index in [4.69, 9.17) is 0 Å². The van der Waals surface area contributed by atoms with Gasteiger partial charge in [-0.1, -0.05) is 13.8 Å². The average Bonchev–Trinajstić information content (AvgIpc) is 2.84. The molecule has 23 heavy (non-hydrogen) atoms. The maximum atomic E-state index is 12.5. The standard InChI is InChI=1S/C17H24N4O2/c1-10-6-11(2)9-21(8-10)12(3)16(22)18-13-4-5-14-15(7-13)20-17(23)19-14/h4-5,7,10-12H,6,8-9H2,1-3H3,(H,18,22)(H2,19,20,23)/t10-,11-,12-/m0/s1. The number of carbonyl (C=O) groups excluding carboxylic acids is 1. The molecule has 1 fully saturated rings. The summed E-state index contributed by atoms with van der Waals surface area (Å²) in [5.41, 5.74) is 1.89. The number of nitrogens with zero attached hydrogens (tertiary/aromatic N) is 1. The molecule has 1 amide bonds. The quantitative estimate of drug-likeness (QED) is 0.811. The molecular formula is C17H24N4O2. The Labute approximate surface area is 135 Å². The van der Waals surface area contributed by atoms with Gasteiger partial charge in [0, 0.05) is 18.8 Å². The molecule has 1 aromatic carbocycles. The highest BCUT2D eigenvalue weighted by Gasteiger charge is 2.28. The number of likely N-dealkylation sites (tertiary alicyclic amines) is 1. The predicted molar refractivity (Wildman–Crippen MR) is 91.5 cm³/mol. The zero-order valence-electron chi connectivity index (χ0n) is 13.8. The van der Waals surface area contributed by atoms with Crippen LogP contribution in [0.1, 0.15) is 27.2 Å². The molecule has 3 N–H and O–H groups in total. The van der Waals surface area contributed by atoms with Crippen molar-refractivity contribution in [2.45, 2.75) is 33.2 Å². The van der Waals surface area contributed by atoms with Crippen molar-refractivity contribution >= 4 is 22.6 Å². The summed E-state index contributed by atoms with van der Waals surface area (Å²) in [4.78, 5) is 31.5. The number of amides is 1. The Kier molecular flexibility index (Phi) is 4.26. The molecule has 0 radical (unpaired) electrons. The van der Waals surface area contributed by atoms with Crippen molar-refractivity contribution in [3.8, 4) is 0 Å². The third kappa shape index (κ3) is 3.47. The van der Waals surface area contributed by atoms with E-state index < -0.39 is 0 Å². The van der Waals surface area contributed by atoms with Crippen LogP contribution >= 0.6 is 0 Å². The first-order valence-electron chi connectivity index (χ1n) is 8.19. The molecule has 6 heteroatoms. The molecule has 124 valence electrons. The van der Waals surface area contributed by atoms with Gasteiger partial charge in [-0.25, -0.2) is 4.79 Å². The maximum Gasteiger partial charge on any atom is 0.323 e. The molecule has 0 aliphatic carbocycles. The molecule has 1 aliphatic rings. The minimum atomic E-state index is -0.242. The second-order valence-corrected chi connectivity index (χ2v) is 6.90. The molecule has 2 aromatic rings. The maximum absolute atomic E-state index is 12.5. The van der Waals surface area contributed by atoms with Crippen LogP contribution in [0.15, 0.2) is 23.0 Å². The van der Waals surface area contributed by atoms with Crippen LogP contribution in [0, 0.1) is 11.8 Å². The number of H-pyrrole nitrogens is 2. The predicted octanol–water partition coefficient (Wildman–Crippen LogP) is 2.16. The minimum absolute atomic E-state index is 0.0106. The lowest BCUT2D eigenvalue weighted by atomic mass is 9.91. The zero-order valence-corrected chi connectivity index (χ0v) is 13.8. The second kappa shape index (κ2) is 6.20. The van der Waals surface area contributed by atoms with E-state index in [1.807, 2.05) is 6.92 Å². The first-order chi connectivity index (χ1) is 10.9. The summed E-state index contributed by atoms with van der Waals surface area (Å²) >= 11 is 0. The van der Waals surface area contributed by atoms with Crippen LogP contribution in [0.2, 0.25) is 0 Å². The highest BCUT2D eigenvalue weighted by Crippen LogP contribution is 2.23. The summed E-state index contributed by atoms with van der Waals surface area (Å²) in [6.45, 7) is 8.36. The highest BCUT2D eigenvalue weighted by molar-refractivity contribution is 5.96. The van der Waals surface area contributed by atoms with Gasteiger partial charge in [0.25, 0.3) is 0 Å². The Hall–Kier alpha value is -2.08. The van der Waals surface area contributed by atoms with Gasteiger partial charge in [-0.15, -0.1) is 0 Å². The van der Waals surface area contributed by atoms with Gasteiger partial charge >= 0.3 is 5.69 Å². The molecule has 0 unspecified atom stereocenters. The molecule has 0 bridgehead atoms. The minimum Gasteiger partial charge on any atom is -0.325 e. The fraction of sp³-hybridized carbons (Fsp3) is 0.529. The molecule has 1 aliphatic heterocycles. The normalized spacial score (nSPS) is 23.8. The Morgan fingerprint density at radius 1 is 1.22 bits per heavy atom. The first kappa shape index (κ1) is 15.8. The van der Waals surface area contributed by atoms with Gasteiger partial charge in [-0.2, -0.15) is 0 Å². The number of fused-ring (bicyclic) bond motifs is 1. The fourth-order valence-corrected chi connectivity index (χ4v) is 3.55. The first-order valence-corrected chi connectivity index (χ1v) is 8.19. The molecule has 3 rings (SSSR count). The van der Waals surface area contributed by atoms with Crippen LogP contribution in [0.25, 0.3) is 11.0 Å². The zero-order chi connectivity index (χ0) is 16.6. The summed E-state index contributed by atoms with van der Waals surface area (Å²) in [6.07, 6.45) is 1.22. The van der Waals surface area contributed by atoms with E-state index in [-0.39, 0.29) is 17.6 Å². The van der Waals surface area contributed by atoms with Crippen molar-refractivity contribution in [3.63, 3.8) is 0 Å². The van der Waals surface area contributed by atoms with Crippen molar-refractivity contribution in [1.29, 1.82) is 0 Å². The van der Waals surface area contributed by atoms with Gasteiger partial charge in [0.15, 0.2) is 0 Å². The number of aromatic amines is 2. The summed E-state index contributed by atoms with van der Waals surface area (Å²) < 4.78 is 0. The number of benzene rings is 1. The average molecular weight is 316 g/mol. The lowest BCUT2D eigenvalue weighted by molar-refractivity contribution is -0.121. The third-order valence-corrected chi connectivity index (χ3v) is 4.61. The van der Waals surface area contributed by atoms with Gasteiger partial charge in [0.1, 0.15) is 0 Å². The Bertz CT molecular complexity index is 753. The fourth-order valence-electron chi connectivity index (χ4n) is 3.55. The van der Waals surface area contributed by atoms with Gasteiger partial charge in [0.2, 0.25) is 5.91 Å². The molecule has 0 saturated carbocycles. The van der Waals surface area contributed by atoms with Crippen LogP contribution in [-0.4, -0.2) is 39.9 Å². The topological polar surface area (TPSA) is 81.0 Å². The van der Waals surface area contributed by atoms with Crippen LogP contribution in [0.4, 0.5) is 5.69 Å². The summed E-state index contributed by atoms with van der Waals surface area (Å²) in [5.74, 6) is 1.23. The molecule has 2 heterocycles.